The van der Waals surface area contributed by atoms with Gasteiger partial charge in [-0.25, -0.2) is 9.07 Å². The van der Waals surface area contributed by atoms with E-state index in [-0.39, 0.29) is 23.2 Å². The molecule has 0 radical (unpaired) electrons. The molecule has 7 nitrogen and oxygen atoms in total. The Hall–Kier alpha value is -3.29. The van der Waals surface area contributed by atoms with E-state index in [1.54, 1.807) is 22.9 Å². The van der Waals surface area contributed by atoms with E-state index < -0.39 is 0 Å². The molecule has 1 saturated heterocycles. The number of benzene rings is 1. The van der Waals surface area contributed by atoms with Crippen LogP contribution in [0.15, 0.2) is 41.2 Å². The van der Waals surface area contributed by atoms with Crippen molar-refractivity contribution in [1.82, 2.24) is 24.5 Å². The Labute approximate surface area is 180 Å². The van der Waals surface area contributed by atoms with Gasteiger partial charge in [-0.05, 0) is 62.9 Å². The Balaban J connectivity index is 1.43. The maximum absolute atomic E-state index is 13.2. The van der Waals surface area contributed by atoms with Gasteiger partial charge in [0.25, 0.3) is 11.5 Å². The number of amides is 1. The number of piperidine rings is 1. The Bertz CT molecular complexity index is 1160. The number of hydrogen-bond acceptors (Lipinski definition) is 4. The number of nitrogens with zero attached hydrogens (tertiary/aromatic N) is 5. The lowest BCUT2D eigenvalue weighted by molar-refractivity contribution is 0.0679. The van der Waals surface area contributed by atoms with E-state index in [0.29, 0.717) is 30.9 Å². The molecule has 1 aliphatic heterocycles. The zero-order chi connectivity index (χ0) is 22.1. The maximum Gasteiger partial charge on any atom is 0.266 e. The lowest BCUT2D eigenvalue weighted by Crippen LogP contribution is -2.40. The first-order valence-corrected chi connectivity index (χ1v) is 10.5. The molecule has 0 aliphatic carbocycles. The fourth-order valence-electron chi connectivity index (χ4n) is 4.16. The number of likely N-dealkylation sites (tertiary alicyclic amines) is 1. The molecule has 2 aromatic heterocycles. The third-order valence-corrected chi connectivity index (χ3v) is 6.06. The lowest BCUT2D eigenvalue weighted by Gasteiger charge is -2.32. The van der Waals surface area contributed by atoms with Crippen LogP contribution in [0, 0.1) is 25.6 Å². The van der Waals surface area contributed by atoms with Crippen molar-refractivity contribution in [1.29, 1.82) is 0 Å². The van der Waals surface area contributed by atoms with Crippen LogP contribution < -0.4 is 5.56 Å². The molecule has 1 aromatic carbocycles. The summed E-state index contributed by atoms with van der Waals surface area (Å²) in [6, 6.07) is 9.22. The molecule has 3 heterocycles. The molecule has 1 fully saturated rings. The zero-order valence-corrected chi connectivity index (χ0v) is 18.0. The first kappa shape index (κ1) is 21.0. The summed E-state index contributed by atoms with van der Waals surface area (Å²) in [6.07, 6.45) is 1.61. The average molecular weight is 423 g/mol. The van der Waals surface area contributed by atoms with Gasteiger partial charge >= 0.3 is 0 Å². The molecule has 0 bridgehead atoms. The minimum absolute atomic E-state index is 0.0233. The van der Waals surface area contributed by atoms with Crippen molar-refractivity contribution in [3.8, 4) is 11.3 Å². The highest BCUT2D eigenvalue weighted by atomic mass is 19.1. The Morgan fingerprint density at radius 2 is 1.74 bits per heavy atom. The summed E-state index contributed by atoms with van der Waals surface area (Å²) in [5, 5.41) is 8.83. The van der Waals surface area contributed by atoms with Crippen molar-refractivity contribution in [3.05, 3.63) is 69.5 Å². The first-order chi connectivity index (χ1) is 14.8. The third-order valence-electron chi connectivity index (χ3n) is 6.06. The largest absolute Gasteiger partial charge is 0.339 e. The molecule has 0 atom stereocenters. The number of carbonyl (C=O) groups is 1. The van der Waals surface area contributed by atoms with E-state index in [0.717, 1.165) is 29.8 Å². The van der Waals surface area contributed by atoms with Crippen LogP contribution in [0.4, 0.5) is 4.39 Å². The molecular formula is C23H26FN5O2. The van der Waals surface area contributed by atoms with Crippen molar-refractivity contribution in [2.24, 2.45) is 13.0 Å². The normalized spacial score (nSPS) is 14.8. The summed E-state index contributed by atoms with van der Waals surface area (Å²) in [5.41, 5.74) is 3.54. The van der Waals surface area contributed by atoms with Gasteiger partial charge in [-0.1, -0.05) is 0 Å². The third kappa shape index (κ3) is 4.28. The van der Waals surface area contributed by atoms with Gasteiger partial charge in [-0.15, -0.1) is 0 Å². The summed E-state index contributed by atoms with van der Waals surface area (Å²) in [6.45, 7) is 5.56. The summed E-state index contributed by atoms with van der Waals surface area (Å²) in [7, 11) is 1.84. The second-order valence-corrected chi connectivity index (χ2v) is 8.15. The van der Waals surface area contributed by atoms with Gasteiger partial charge in [0.05, 0.1) is 17.0 Å². The highest BCUT2D eigenvalue weighted by Gasteiger charge is 2.27. The molecule has 0 N–H and O–H groups in total. The molecule has 0 spiro atoms. The number of halogens is 1. The molecule has 4 rings (SSSR count). The van der Waals surface area contributed by atoms with Crippen molar-refractivity contribution in [2.45, 2.75) is 33.2 Å². The van der Waals surface area contributed by atoms with Crippen LogP contribution in [-0.2, 0) is 13.6 Å². The highest BCUT2D eigenvalue weighted by Crippen LogP contribution is 2.23. The number of aryl methyl sites for hydroxylation is 2. The van der Waals surface area contributed by atoms with Crippen LogP contribution in [0.25, 0.3) is 11.3 Å². The molecule has 1 aliphatic rings. The maximum atomic E-state index is 13.2. The van der Waals surface area contributed by atoms with Crippen LogP contribution in [0.3, 0.4) is 0 Å². The number of hydrogen-bond donors (Lipinski definition) is 0. The second-order valence-electron chi connectivity index (χ2n) is 8.15. The van der Waals surface area contributed by atoms with E-state index in [1.807, 2.05) is 25.8 Å². The fourth-order valence-corrected chi connectivity index (χ4v) is 4.16. The Kier molecular flexibility index (Phi) is 5.71. The van der Waals surface area contributed by atoms with Gasteiger partial charge in [0.15, 0.2) is 0 Å². The van der Waals surface area contributed by atoms with E-state index in [1.165, 1.54) is 22.9 Å². The number of carbonyl (C=O) groups excluding carboxylic acids is 1. The molecule has 8 heteroatoms. The molecule has 0 unspecified atom stereocenters. The minimum atomic E-state index is -0.310. The first-order valence-electron chi connectivity index (χ1n) is 10.5. The smallest absolute Gasteiger partial charge is 0.266 e. The van der Waals surface area contributed by atoms with Crippen LogP contribution in [-0.4, -0.2) is 43.5 Å². The SMILES string of the molecule is Cc1nn(C)c(C)c1C(=O)N1CCC(Cn2nc(-c3ccc(F)cc3)ccc2=O)CC1. The topological polar surface area (TPSA) is 73.0 Å². The monoisotopic (exact) mass is 423 g/mol. The van der Waals surface area contributed by atoms with Gasteiger partial charge < -0.3 is 4.90 Å². The Morgan fingerprint density at radius 3 is 2.35 bits per heavy atom. The van der Waals surface area contributed by atoms with Gasteiger partial charge in [-0.3, -0.25) is 14.3 Å². The van der Waals surface area contributed by atoms with Crippen molar-refractivity contribution < 1.29 is 9.18 Å². The molecule has 3 aromatic rings. The van der Waals surface area contributed by atoms with Gasteiger partial charge in [0.1, 0.15) is 5.82 Å². The van der Waals surface area contributed by atoms with Crippen molar-refractivity contribution >= 4 is 5.91 Å². The summed E-state index contributed by atoms with van der Waals surface area (Å²) in [4.78, 5) is 27.2. The molecule has 1 amide bonds. The minimum Gasteiger partial charge on any atom is -0.339 e. The lowest BCUT2D eigenvalue weighted by atomic mass is 9.96. The van der Waals surface area contributed by atoms with Crippen molar-refractivity contribution in [3.63, 3.8) is 0 Å². The van der Waals surface area contributed by atoms with Gasteiger partial charge in [-0.2, -0.15) is 10.2 Å². The number of aromatic nitrogens is 4. The Morgan fingerprint density at radius 1 is 1.06 bits per heavy atom. The summed E-state index contributed by atoms with van der Waals surface area (Å²) >= 11 is 0. The summed E-state index contributed by atoms with van der Waals surface area (Å²) < 4.78 is 16.4. The predicted molar refractivity (Wildman–Crippen MR) is 115 cm³/mol. The summed E-state index contributed by atoms with van der Waals surface area (Å²) in [5.74, 6) is -0.0287. The van der Waals surface area contributed by atoms with E-state index in [4.69, 9.17) is 0 Å². The quantitative estimate of drug-likeness (QED) is 0.647. The second kappa shape index (κ2) is 8.45. The van der Waals surface area contributed by atoms with Crippen molar-refractivity contribution in [2.75, 3.05) is 13.1 Å². The molecule has 162 valence electrons. The fraction of sp³-hybridized carbons (Fsp3) is 0.391. The van der Waals surface area contributed by atoms with E-state index in [2.05, 4.69) is 10.2 Å². The van der Waals surface area contributed by atoms with Crippen LogP contribution >= 0.6 is 0 Å². The molecular weight excluding hydrogens is 397 g/mol. The zero-order valence-electron chi connectivity index (χ0n) is 18.0. The van der Waals surface area contributed by atoms with Crippen LogP contribution in [0.1, 0.15) is 34.6 Å². The van der Waals surface area contributed by atoms with Gasteiger partial charge in [0.2, 0.25) is 0 Å². The molecule has 31 heavy (non-hydrogen) atoms. The standard InChI is InChI=1S/C23H26FN5O2/c1-15-22(16(2)27(3)25-15)23(31)28-12-10-17(11-13-28)14-29-21(30)9-8-20(26-29)18-4-6-19(24)7-5-18/h4-9,17H,10-14H2,1-3H3. The average Bonchev–Trinajstić information content (AvgIpc) is 3.01. The number of rotatable bonds is 4. The predicted octanol–water partition coefficient (Wildman–Crippen LogP) is 2.95. The van der Waals surface area contributed by atoms with Gasteiger partial charge in [0, 0.05) is 44.0 Å². The van der Waals surface area contributed by atoms with Crippen LogP contribution in [0.2, 0.25) is 0 Å². The highest BCUT2D eigenvalue weighted by molar-refractivity contribution is 5.96. The van der Waals surface area contributed by atoms with E-state index >= 15 is 0 Å². The van der Waals surface area contributed by atoms with Crippen LogP contribution in [0.5, 0.6) is 0 Å². The van der Waals surface area contributed by atoms with E-state index in [9.17, 15) is 14.0 Å². The molecule has 0 saturated carbocycles.